The van der Waals surface area contributed by atoms with Gasteiger partial charge >= 0.3 is 0 Å². The smallest absolute Gasteiger partial charge is 0.294 e. The molecule has 3 amide bonds. The molecule has 0 spiro atoms. The van der Waals surface area contributed by atoms with Gasteiger partial charge in [-0.25, -0.2) is 0 Å². The van der Waals surface area contributed by atoms with E-state index in [2.05, 4.69) is 33.8 Å². The van der Waals surface area contributed by atoms with E-state index in [-0.39, 0.29) is 18.1 Å². The van der Waals surface area contributed by atoms with Gasteiger partial charge in [-0.3, -0.25) is 19.3 Å². The Hall–Kier alpha value is -2.97. The van der Waals surface area contributed by atoms with Gasteiger partial charge in [0.1, 0.15) is 24.7 Å². The Morgan fingerprint density at radius 2 is 1.97 bits per heavy atom. The maximum absolute atomic E-state index is 12.7. The van der Waals surface area contributed by atoms with Crippen LogP contribution >= 0.6 is 34.4 Å². The van der Waals surface area contributed by atoms with Crippen molar-refractivity contribution in [3.63, 3.8) is 0 Å². The molecule has 1 N–H and O–H groups in total. The van der Waals surface area contributed by atoms with Crippen LogP contribution in [0.4, 0.5) is 10.5 Å². The van der Waals surface area contributed by atoms with Crippen molar-refractivity contribution in [1.82, 2.24) is 4.90 Å². The lowest BCUT2D eigenvalue weighted by Gasteiger charge is -2.12. The number of ether oxygens (including phenoxy) is 2. The number of hydrogen-bond acceptors (Lipinski definition) is 6. The lowest BCUT2D eigenvalue weighted by molar-refractivity contribution is -0.127. The number of hydrogen-bond donors (Lipinski definition) is 1. The number of halogens is 1. The topological polar surface area (TPSA) is 84.9 Å². The molecule has 164 valence electrons. The summed E-state index contributed by atoms with van der Waals surface area (Å²) >= 11 is 2.90. The van der Waals surface area contributed by atoms with Crippen LogP contribution in [0.2, 0.25) is 0 Å². The highest BCUT2D eigenvalue weighted by Gasteiger charge is 2.36. The minimum absolute atomic E-state index is 0.160. The van der Waals surface area contributed by atoms with Crippen molar-refractivity contribution in [3.8, 4) is 23.8 Å². The van der Waals surface area contributed by atoms with E-state index in [9.17, 15) is 14.4 Å². The summed E-state index contributed by atoms with van der Waals surface area (Å²) in [4.78, 5) is 38.5. The maximum atomic E-state index is 12.7. The van der Waals surface area contributed by atoms with Gasteiger partial charge in [0.2, 0.25) is 5.91 Å². The van der Waals surface area contributed by atoms with E-state index in [0.29, 0.717) is 23.8 Å². The zero-order chi connectivity index (χ0) is 23.1. The van der Waals surface area contributed by atoms with Crippen molar-refractivity contribution >= 4 is 63.2 Å². The third-order valence-electron chi connectivity index (χ3n) is 4.19. The first-order chi connectivity index (χ1) is 15.4. The standard InChI is InChI=1S/C23H19IN2O5S/c1-3-11-31-19-10-5-15(12-18(19)24)13-20-22(28)26(23(29)32-20)14-21(27)25-16-6-8-17(9-7-16)30-4-2/h1,5-10,12-13H,4,11,14H2,2H3,(H,25,27)/b20-13+. The molecule has 1 aliphatic rings. The Morgan fingerprint density at radius 3 is 2.62 bits per heavy atom. The molecule has 32 heavy (non-hydrogen) atoms. The summed E-state index contributed by atoms with van der Waals surface area (Å²) in [5.74, 6) is 2.75. The summed E-state index contributed by atoms with van der Waals surface area (Å²) in [5, 5.41) is 2.18. The normalized spacial score (nSPS) is 14.4. The first-order valence-electron chi connectivity index (χ1n) is 9.55. The fourth-order valence-electron chi connectivity index (χ4n) is 2.78. The third-order valence-corrected chi connectivity index (χ3v) is 5.94. The van der Waals surface area contributed by atoms with E-state index in [0.717, 1.165) is 25.8 Å². The molecule has 0 atom stereocenters. The lowest BCUT2D eigenvalue weighted by Crippen LogP contribution is -2.36. The predicted molar refractivity (Wildman–Crippen MR) is 132 cm³/mol. The summed E-state index contributed by atoms with van der Waals surface area (Å²) in [5.41, 5.74) is 1.27. The number of carbonyl (C=O) groups is 3. The second-order valence-corrected chi connectivity index (χ2v) is 8.61. The van der Waals surface area contributed by atoms with Crippen LogP contribution in [0.5, 0.6) is 11.5 Å². The molecule has 0 aliphatic carbocycles. The van der Waals surface area contributed by atoms with Crippen molar-refractivity contribution in [2.75, 3.05) is 25.1 Å². The second-order valence-electron chi connectivity index (χ2n) is 6.46. The second kappa shape index (κ2) is 11.1. The Bertz CT molecular complexity index is 1110. The fourth-order valence-corrected chi connectivity index (χ4v) is 4.31. The molecule has 0 aromatic heterocycles. The lowest BCUT2D eigenvalue weighted by atomic mass is 10.2. The monoisotopic (exact) mass is 562 g/mol. The molecule has 0 bridgehead atoms. The van der Waals surface area contributed by atoms with Crippen LogP contribution in [0.25, 0.3) is 6.08 Å². The Balaban J connectivity index is 1.64. The van der Waals surface area contributed by atoms with Crippen LogP contribution < -0.4 is 14.8 Å². The van der Waals surface area contributed by atoms with Crippen LogP contribution in [0.1, 0.15) is 12.5 Å². The summed E-state index contributed by atoms with van der Waals surface area (Å²) in [6, 6.07) is 12.2. The van der Waals surface area contributed by atoms with Gasteiger partial charge in [-0.2, -0.15) is 0 Å². The minimum Gasteiger partial charge on any atom is -0.494 e. The molecule has 1 aliphatic heterocycles. The number of anilines is 1. The first-order valence-corrected chi connectivity index (χ1v) is 11.4. The molecule has 2 aromatic carbocycles. The quantitative estimate of drug-likeness (QED) is 0.292. The van der Waals surface area contributed by atoms with Crippen LogP contribution in [0, 0.1) is 15.9 Å². The Kier molecular flexibility index (Phi) is 8.19. The Morgan fingerprint density at radius 1 is 1.22 bits per heavy atom. The number of nitrogens with zero attached hydrogens (tertiary/aromatic N) is 1. The summed E-state index contributed by atoms with van der Waals surface area (Å²) in [6.07, 6.45) is 6.82. The van der Waals surface area contributed by atoms with Crippen molar-refractivity contribution in [3.05, 3.63) is 56.5 Å². The number of imide groups is 1. The molecular formula is C23H19IN2O5S. The van der Waals surface area contributed by atoms with Gasteiger partial charge in [0.05, 0.1) is 15.1 Å². The number of thioether (sulfide) groups is 1. The van der Waals surface area contributed by atoms with E-state index in [1.165, 1.54) is 0 Å². The zero-order valence-electron chi connectivity index (χ0n) is 17.1. The molecule has 1 saturated heterocycles. The van der Waals surface area contributed by atoms with Gasteiger partial charge in [-0.05, 0) is 89.3 Å². The molecule has 1 heterocycles. The average Bonchev–Trinajstić information content (AvgIpc) is 3.02. The van der Waals surface area contributed by atoms with Gasteiger partial charge in [-0.15, -0.1) is 6.42 Å². The first kappa shape index (κ1) is 23.7. The SMILES string of the molecule is C#CCOc1ccc(/C=C2/SC(=O)N(CC(=O)Nc3ccc(OCC)cc3)C2=O)cc1I. The molecule has 2 aromatic rings. The number of terminal acetylenes is 1. The number of carbonyl (C=O) groups excluding carboxylic acids is 3. The molecule has 0 unspecified atom stereocenters. The van der Waals surface area contributed by atoms with Crippen LogP contribution in [0.15, 0.2) is 47.4 Å². The number of amides is 3. The predicted octanol–water partition coefficient (Wildman–Crippen LogP) is 4.38. The van der Waals surface area contributed by atoms with Gasteiger partial charge in [0.25, 0.3) is 11.1 Å². The van der Waals surface area contributed by atoms with E-state index >= 15 is 0 Å². The van der Waals surface area contributed by atoms with Crippen LogP contribution in [-0.2, 0) is 9.59 Å². The molecule has 9 heteroatoms. The van der Waals surface area contributed by atoms with E-state index < -0.39 is 17.1 Å². The van der Waals surface area contributed by atoms with Crippen LogP contribution in [0.3, 0.4) is 0 Å². The fraction of sp³-hybridized carbons (Fsp3) is 0.174. The zero-order valence-corrected chi connectivity index (χ0v) is 20.1. The highest BCUT2D eigenvalue weighted by atomic mass is 127. The van der Waals surface area contributed by atoms with Crippen molar-refractivity contribution in [2.24, 2.45) is 0 Å². The average molecular weight is 562 g/mol. The van der Waals surface area contributed by atoms with Gasteiger partial charge in [0, 0.05) is 5.69 Å². The van der Waals surface area contributed by atoms with Gasteiger partial charge in [-0.1, -0.05) is 12.0 Å². The van der Waals surface area contributed by atoms with Crippen molar-refractivity contribution in [2.45, 2.75) is 6.92 Å². The molecular weight excluding hydrogens is 543 g/mol. The number of nitrogens with one attached hydrogen (secondary N) is 1. The van der Waals surface area contributed by atoms with Gasteiger partial charge < -0.3 is 14.8 Å². The largest absolute Gasteiger partial charge is 0.494 e. The van der Waals surface area contributed by atoms with E-state index in [1.807, 2.05) is 13.0 Å². The minimum atomic E-state index is -0.510. The number of rotatable bonds is 8. The highest BCUT2D eigenvalue weighted by Crippen LogP contribution is 2.33. The molecule has 7 nitrogen and oxygen atoms in total. The van der Waals surface area contributed by atoms with Crippen molar-refractivity contribution < 1.29 is 23.9 Å². The highest BCUT2D eigenvalue weighted by molar-refractivity contribution is 14.1. The third kappa shape index (κ3) is 6.05. The molecule has 0 radical (unpaired) electrons. The van der Waals surface area contributed by atoms with E-state index in [1.54, 1.807) is 42.5 Å². The van der Waals surface area contributed by atoms with Crippen molar-refractivity contribution in [1.29, 1.82) is 0 Å². The van der Waals surface area contributed by atoms with Crippen LogP contribution in [-0.4, -0.2) is 41.7 Å². The van der Waals surface area contributed by atoms with Gasteiger partial charge in [0.15, 0.2) is 0 Å². The number of benzene rings is 2. The molecule has 1 fully saturated rings. The summed E-state index contributed by atoms with van der Waals surface area (Å²) in [6.45, 7) is 2.21. The maximum Gasteiger partial charge on any atom is 0.294 e. The summed E-state index contributed by atoms with van der Waals surface area (Å²) in [7, 11) is 0. The Labute approximate surface area is 203 Å². The summed E-state index contributed by atoms with van der Waals surface area (Å²) < 4.78 is 11.6. The van der Waals surface area contributed by atoms with E-state index in [4.69, 9.17) is 15.9 Å². The molecule has 0 saturated carbocycles. The molecule has 3 rings (SSSR count).